The third kappa shape index (κ3) is 4.99. The average molecular weight is 261 g/mol. The van der Waals surface area contributed by atoms with Crippen molar-refractivity contribution in [2.45, 2.75) is 59.3 Å². The van der Waals surface area contributed by atoms with Gasteiger partial charge in [0.25, 0.3) is 0 Å². The van der Waals surface area contributed by atoms with Crippen molar-refractivity contribution in [1.29, 1.82) is 0 Å². The average Bonchev–Trinajstić information content (AvgIpc) is 2.40. The highest BCUT2D eigenvalue weighted by atomic mass is 14.8. The summed E-state index contributed by atoms with van der Waals surface area (Å²) in [5.41, 5.74) is 2.93. The fourth-order valence-corrected chi connectivity index (χ4v) is 2.73. The summed E-state index contributed by atoms with van der Waals surface area (Å²) in [5.74, 6) is 2.00. The van der Waals surface area contributed by atoms with Gasteiger partial charge in [-0.05, 0) is 35.4 Å². The Bertz CT molecular complexity index is 339. The molecule has 0 fully saturated rings. The molecule has 1 nitrogen and oxygen atoms in total. The molecule has 0 heterocycles. The van der Waals surface area contributed by atoms with E-state index in [0.29, 0.717) is 11.8 Å². The summed E-state index contributed by atoms with van der Waals surface area (Å²) in [6, 6.07) is 9.28. The molecule has 1 heteroatoms. The number of nitrogens with one attached hydrogen (secondary N) is 1. The molecule has 0 saturated carbocycles. The van der Waals surface area contributed by atoms with Gasteiger partial charge in [0.15, 0.2) is 0 Å². The molecule has 0 saturated heterocycles. The van der Waals surface area contributed by atoms with Crippen LogP contribution >= 0.6 is 0 Å². The lowest BCUT2D eigenvalue weighted by molar-refractivity contribution is 0.406. The third-order valence-electron chi connectivity index (χ3n) is 4.08. The molecule has 108 valence electrons. The van der Waals surface area contributed by atoms with Gasteiger partial charge in [0, 0.05) is 6.54 Å². The first-order valence-electron chi connectivity index (χ1n) is 7.90. The minimum atomic E-state index is 0.620. The molecule has 0 aromatic heterocycles. The monoisotopic (exact) mass is 261 g/mol. The number of benzene rings is 1. The van der Waals surface area contributed by atoms with E-state index in [1.54, 1.807) is 0 Å². The fourth-order valence-electron chi connectivity index (χ4n) is 2.73. The van der Waals surface area contributed by atoms with Gasteiger partial charge in [-0.1, -0.05) is 71.7 Å². The summed E-state index contributed by atoms with van der Waals surface area (Å²) in [6.45, 7) is 13.5. The molecule has 0 aliphatic carbocycles. The van der Waals surface area contributed by atoms with Crippen LogP contribution in [0, 0.1) is 5.92 Å². The Kier molecular flexibility index (Phi) is 7.15. The van der Waals surface area contributed by atoms with Crippen LogP contribution in [0.15, 0.2) is 24.3 Å². The largest absolute Gasteiger partial charge is 0.316 e. The van der Waals surface area contributed by atoms with E-state index in [-0.39, 0.29) is 0 Å². The van der Waals surface area contributed by atoms with E-state index in [1.807, 2.05) is 0 Å². The standard InChI is InChI=1S/C18H31N/c1-6-8-15(5)18(13-19-7-2)17-11-9-16(10-12-17)14(3)4/h9-12,14-15,18-19H,6-8,13H2,1-5H3. The van der Waals surface area contributed by atoms with E-state index in [4.69, 9.17) is 0 Å². The maximum atomic E-state index is 3.52. The summed E-state index contributed by atoms with van der Waals surface area (Å²) in [6.07, 6.45) is 2.58. The van der Waals surface area contributed by atoms with E-state index in [2.05, 4.69) is 64.2 Å². The van der Waals surface area contributed by atoms with Crippen molar-refractivity contribution in [2.75, 3.05) is 13.1 Å². The lowest BCUT2D eigenvalue weighted by Gasteiger charge is -2.25. The van der Waals surface area contributed by atoms with Crippen LogP contribution in [-0.2, 0) is 0 Å². The van der Waals surface area contributed by atoms with Gasteiger partial charge in [0.1, 0.15) is 0 Å². The number of hydrogen-bond donors (Lipinski definition) is 1. The third-order valence-corrected chi connectivity index (χ3v) is 4.08. The van der Waals surface area contributed by atoms with Crippen LogP contribution in [0.2, 0.25) is 0 Å². The van der Waals surface area contributed by atoms with Gasteiger partial charge >= 0.3 is 0 Å². The number of rotatable bonds is 8. The van der Waals surface area contributed by atoms with Gasteiger partial charge in [0.2, 0.25) is 0 Å². The lowest BCUT2D eigenvalue weighted by atomic mass is 9.83. The van der Waals surface area contributed by atoms with Crippen LogP contribution in [0.3, 0.4) is 0 Å². The molecule has 0 bridgehead atoms. The second-order valence-electron chi connectivity index (χ2n) is 6.00. The normalized spacial score (nSPS) is 14.6. The van der Waals surface area contributed by atoms with E-state index in [9.17, 15) is 0 Å². The summed E-state index contributed by atoms with van der Waals surface area (Å²) in [4.78, 5) is 0. The first kappa shape index (κ1) is 16.2. The van der Waals surface area contributed by atoms with Gasteiger partial charge in [-0.2, -0.15) is 0 Å². The van der Waals surface area contributed by atoms with Crippen LogP contribution in [0.4, 0.5) is 0 Å². The second kappa shape index (κ2) is 8.37. The van der Waals surface area contributed by atoms with Gasteiger partial charge in [0.05, 0.1) is 0 Å². The van der Waals surface area contributed by atoms with Gasteiger partial charge in [-0.25, -0.2) is 0 Å². The first-order chi connectivity index (χ1) is 9.10. The zero-order chi connectivity index (χ0) is 14.3. The highest BCUT2D eigenvalue weighted by molar-refractivity contribution is 5.27. The van der Waals surface area contributed by atoms with Crippen LogP contribution in [-0.4, -0.2) is 13.1 Å². The molecule has 1 aromatic carbocycles. The molecular weight excluding hydrogens is 230 g/mol. The Hall–Kier alpha value is -0.820. The van der Waals surface area contributed by atoms with Gasteiger partial charge in [-0.15, -0.1) is 0 Å². The quantitative estimate of drug-likeness (QED) is 0.699. The molecule has 2 atom stereocenters. The predicted octanol–water partition coefficient (Wildman–Crippen LogP) is 4.94. The molecule has 0 aliphatic rings. The SMILES string of the molecule is CCCC(C)C(CNCC)c1ccc(C(C)C)cc1. The summed E-state index contributed by atoms with van der Waals surface area (Å²) in [5, 5.41) is 3.52. The van der Waals surface area contributed by atoms with E-state index >= 15 is 0 Å². The lowest BCUT2D eigenvalue weighted by Crippen LogP contribution is -2.25. The summed E-state index contributed by atoms with van der Waals surface area (Å²) in [7, 11) is 0. The Morgan fingerprint density at radius 3 is 2.00 bits per heavy atom. The fraction of sp³-hybridized carbons (Fsp3) is 0.667. The smallest absolute Gasteiger partial charge is 0.00226 e. The molecule has 1 N–H and O–H groups in total. The first-order valence-corrected chi connectivity index (χ1v) is 7.90. The highest BCUT2D eigenvalue weighted by Crippen LogP contribution is 2.28. The van der Waals surface area contributed by atoms with Crippen molar-refractivity contribution in [3.63, 3.8) is 0 Å². The van der Waals surface area contributed by atoms with Gasteiger partial charge in [-0.3, -0.25) is 0 Å². The molecule has 0 aliphatic heterocycles. The molecule has 1 aromatic rings. The molecule has 1 rings (SSSR count). The van der Waals surface area contributed by atoms with E-state index in [0.717, 1.165) is 19.0 Å². The molecule has 0 spiro atoms. The number of likely N-dealkylation sites (N-methyl/N-ethyl adjacent to an activating group) is 1. The molecule has 0 radical (unpaired) electrons. The Balaban J connectivity index is 2.83. The number of hydrogen-bond acceptors (Lipinski definition) is 1. The predicted molar refractivity (Wildman–Crippen MR) is 85.9 cm³/mol. The van der Waals surface area contributed by atoms with Crippen molar-refractivity contribution >= 4 is 0 Å². The van der Waals surface area contributed by atoms with Crippen LogP contribution in [0.5, 0.6) is 0 Å². The van der Waals surface area contributed by atoms with E-state index < -0.39 is 0 Å². The van der Waals surface area contributed by atoms with Crippen molar-refractivity contribution in [1.82, 2.24) is 5.32 Å². The maximum Gasteiger partial charge on any atom is 0.00226 e. The van der Waals surface area contributed by atoms with Crippen LogP contribution < -0.4 is 5.32 Å². The molecule has 2 unspecified atom stereocenters. The van der Waals surface area contributed by atoms with E-state index in [1.165, 1.54) is 24.0 Å². The summed E-state index contributed by atoms with van der Waals surface area (Å²) < 4.78 is 0. The topological polar surface area (TPSA) is 12.0 Å². The van der Waals surface area contributed by atoms with Crippen molar-refractivity contribution in [3.05, 3.63) is 35.4 Å². The Morgan fingerprint density at radius 2 is 1.53 bits per heavy atom. The van der Waals surface area contributed by atoms with Crippen LogP contribution in [0.25, 0.3) is 0 Å². The molecule has 0 amide bonds. The molecule has 19 heavy (non-hydrogen) atoms. The minimum Gasteiger partial charge on any atom is -0.316 e. The minimum absolute atomic E-state index is 0.620. The highest BCUT2D eigenvalue weighted by Gasteiger charge is 2.18. The Labute approximate surface area is 119 Å². The maximum absolute atomic E-state index is 3.52. The van der Waals surface area contributed by atoms with Crippen molar-refractivity contribution < 1.29 is 0 Å². The zero-order valence-electron chi connectivity index (χ0n) is 13.4. The Morgan fingerprint density at radius 1 is 0.947 bits per heavy atom. The second-order valence-corrected chi connectivity index (χ2v) is 6.00. The van der Waals surface area contributed by atoms with Crippen molar-refractivity contribution in [3.8, 4) is 0 Å². The zero-order valence-corrected chi connectivity index (χ0v) is 13.4. The summed E-state index contributed by atoms with van der Waals surface area (Å²) >= 11 is 0. The van der Waals surface area contributed by atoms with Gasteiger partial charge < -0.3 is 5.32 Å². The molecular formula is C18H31N. The van der Waals surface area contributed by atoms with Crippen molar-refractivity contribution in [2.24, 2.45) is 5.92 Å². The van der Waals surface area contributed by atoms with Crippen LogP contribution in [0.1, 0.15) is 70.4 Å².